The van der Waals surface area contributed by atoms with Crippen LogP contribution in [0.3, 0.4) is 0 Å². The number of aromatic nitrogens is 1. The molecule has 1 spiro atoms. The summed E-state index contributed by atoms with van der Waals surface area (Å²) in [6, 6.07) is 0. The van der Waals surface area contributed by atoms with Crippen molar-refractivity contribution in [2.75, 3.05) is 52.6 Å². The highest BCUT2D eigenvalue weighted by molar-refractivity contribution is 7.09. The average Bonchev–Trinajstić information content (AvgIpc) is 3.15. The van der Waals surface area contributed by atoms with Crippen LogP contribution in [0.15, 0.2) is 11.6 Å². The van der Waals surface area contributed by atoms with Crippen molar-refractivity contribution in [2.45, 2.75) is 43.9 Å². The van der Waals surface area contributed by atoms with Gasteiger partial charge in [-0.25, -0.2) is 4.98 Å². The second kappa shape index (κ2) is 8.96. The number of amides is 1. The van der Waals surface area contributed by atoms with Crippen molar-refractivity contribution in [3.63, 3.8) is 0 Å². The van der Waals surface area contributed by atoms with Gasteiger partial charge in [0.15, 0.2) is 0 Å². The molecule has 150 valence electrons. The van der Waals surface area contributed by atoms with Crippen LogP contribution in [0.1, 0.15) is 30.7 Å². The molecule has 0 N–H and O–H groups in total. The molecule has 1 unspecified atom stereocenters. The minimum atomic E-state index is -0.282. The van der Waals surface area contributed by atoms with Crippen LogP contribution in [0.4, 0.5) is 0 Å². The Labute approximate surface area is 164 Å². The number of carbonyl (C=O) groups excluding carboxylic acids is 1. The summed E-state index contributed by atoms with van der Waals surface area (Å²) < 4.78 is 17.4. The van der Waals surface area contributed by atoms with Crippen molar-refractivity contribution < 1.29 is 19.0 Å². The van der Waals surface area contributed by atoms with Gasteiger partial charge in [0.05, 0.1) is 51.1 Å². The maximum Gasteiger partial charge on any atom is 0.225 e. The Morgan fingerprint density at radius 2 is 2.11 bits per heavy atom. The molecule has 8 heteroatoms. The smallest absolute Gasteiger partial charge is 0.225 e. The topological polar surface area (TPSA) is 64.1 Å². The largest absolute Gasteiger partial charge is 0.376 e. The van der Waals surface area contributed by atoms with Crippen molar-refractivity contribution in [1.29, 1.82) is 0 Å². The molecule has 1 amide bonds. The SMILES string of the molecule is O=C1CC2(CCN(Cc3nccs3)CC2)OCCN1CCC1COCCO1. The van der Waals surface area contributed by atoms with Crippen LogP contribution in [0.5, 0.6) is 0 Å². The van der Waals surface area contributed by atoms with Gasteiger partial charge in [0.25, 0.3) is 0 Å². The molecule has 3 aliphatic heterocycles. The number of ether oxygens (including phenoxy) is 3. The van der Waals surface area contributed by atoms with Gasteiger partial charge in [-0.1, -0.05) is 0 Å². The third-order valence-corrected chi connectivity index (χ3v) is 6.58. The number of rotatable bonds is 5. The predicted molar refractivity (Wildman–Crippen MR) is 102 cm³/mol. The highest BCUT2D eigenvalue weighted by Gasteiger charge is 2.40. The summed E-state index contributed by atoms with van der Waals surface area (Å²) in [4.78, 5) is 21.6. The number of hydrogen-bond acceptors (Lipinski definition) is 7. The van der Waals surface area contributed by atoms with E-state index in [0.29, 0.717) is 39.4 Å². The van der Waals surface area contributed by atoms with E-state index < -0.39 is 0 Å². The standard InChI is InChI=1S/C19H29N3O4S/c23-18-13-19(2-6-21(7-3-19)14-17-20-4-12-27-17)26-9-8-22(18)5-1-16-15-24-10-11-25-16/h4,12,16H,1-3,5-11,13-15H2. The van der Waals surface area contributed by atoms with E-state index in [-0.39, 0.29) is 17.6 Å². The zero-order valence-electron chi connectivity index (χ0n) is 15.8. The molecule has 3 saturated heterocycles. The van der Waals surface area contributed by atoms with Gasteiger partial charge < -0.3 is 19.1 Å². The first-order chi connectivity index (χ1) is 13.2. The fourth-order valence-electron chi connectivity index (χ4n) is 4.14. The highest BCUT2D eigenvalue weighted by atomic mass is 32.1. The molecule has 0 radical (unpaired) electrons. The Morgan fingerprint density at radius 3 is 2.85 bits per heavy atom. The summed E-state index contributed by atoms with van der Waals surface area (Å²) in [7, 11) is 0. The van der Waals surface area contributed by atoms with Crippen LogP contribution in [0.25, 0.3) is 0 Å². The van der Waals surface area contributed by atoms with E-state index in [2.05, 4.69) is 9.88 Å². The van der Waals surface area contributed by atoms with Crippen LogP contribution in [0.2, 0.25) is 0 Å². The molecule has 3 aliphatic rings. The number of carbonyl (C=O) groups is 1. The molecule has 0 bridgehead atoms. The molecule has 4 rings (SSSR count). The number of piperidine rings is 1. The number of thiazole rings is 1. The van der Waals surface area contributed by atoms with Crippen molar-refractivity contribution in [3.8, 4) is 0 Å². The number of nitrogens with zero attached hydrogens (tertiary/aromatic N) is 3. The third kappa shape index (κ3) is 5.06. The Bertz CT molecular complexity index is 598. The Morgan fingerprint density at radius 1 is 1.22 bits per heavy atom. The molecule has 0 aliphatic carbocycles. The lowest BCUT2D eigenvalue weighted by Gasteiger charge is -2.40. The molecule has 1 aromatic heterocycles. The molecule has 3 fully saturated rings. The minimum absolute atomic E-state index is 0.110. The van der Waals surface area contributed by atoms with Gasteiger partial charge in [0.2, 0.25) is 5.91 Å². The van der Waals surface area contributed by atoms with E-state index in [9.17, 15) is 4.79 Å². The normalized spacial score (nSPS) is 27.0. The molecule has 4 heterocycles. The molecular weight excluding hydrogens is 366 g/mol. The van der Waals surface area contributed by atoms with Crippen molar-refractivity contribution >= 4 is 17.2 Å². The van der Waals surface area contributed by atoms with E-state index in [4.69, 9.17) is 14.2 Å². The van der Waals surface area contributed by atoms with E-state index >= 15 is 0 Å². The van der Waals surface area contributed by atoms with Gasteiger partial charge in [0, 0.05) is 37.8 Å². The zero-order valence-corrected chi connectivity index (χ0v) is 16.6. The average molecular weight is 396 g/mol. The maximum absolute atomic E-state index is 12.9. The van der Waals surface area contributed by atoms with Gasteiger partial charge in [-0.2, -0.15) is 0 Å². The monoisotopic (exact) mass is 395 g/mol. The van der Waals surface area contributed by atoms with Crippen molar-refractivity contribution in [3.05, 3.63) is 16.6 Å². The summed E-state index contributed by atoms with van der Waals surface area (Å²) in [6.07, 6.45) is 5.13. The summed E-state index contributed by atoms with van der Waals surface area (Å²) in [5.74, 6) is 0.220. The van der Waals surface area contributed by atoms with Gasteiger partial charge >= 0.3 is 0 Å². The summed E-state index contributed by atoms with van der Waals surface area (Å²) in [5, 5.41) is 3.18. The molecule has 0 aromatic carbocycles. The lowest BCUT2D eigenvalue weighted by molar-refractivity contribution is -0.136. The molecular formula is C19H29N3O4S. The molecule has 27 heavy (non-hydrogen) atoms. The molecule has 1 aromatic rings. The maximum atomic E-state index is 12.9. The highest BCUT2D eigenvalue weighted by Crippen LogP contribution is 2.33. The predicted octanol–water partition coefficient (Wildman–Crippen LogP) is 1.53. The van der Waals surface area contributed by atoms with Crippen LogP contribution >= 0.6 is 11.3 Å². The number of hydrogen-bond donors (Lipinski definition) is 0. The van der Waals surface area contributed by atoms with Crippen molar-refractivity contribution in [1.82, 2.24) is 14.8 Å². The van der Waals surface area contributed by atoms with Gasteiger partial charge in [-0.3, -0.25) is 9.69 Å². The fourth-order valence-corrected chi connectivity index (χ4v) is 4.79. The van der Waals surface area contributed by atoms with E-state index in [1.165, 1.54) is 0 Å². The quantitative estimate of drug-likeness (QED) is 0.754. The summed E-state index contributed by atoms with van der Waals surface area (Å²) >= 11 is 1.70. The molecule has 7 nitrogen and oxygen atoms in total. The Kier molecular flexibility index (Phi) is 6.39. The van der Waals surface area contributed by atoms with Crippen LogP contribution in [0, 0.1) is 0 Å². The third-order valence-electron chi connectivity index (χ3n) is 5.81. The van der Waals surface area contributed by atoms with E-state index in [1.807, 2.05) is 16.5 Å². The Balaban J connectivity index is 1.26. The first kappa shape index (κ1) is 19.3. The van der Waals surface area contributed by atoms with E-state index in [1.54, 1.807) is 11.3 Å². The van der Waals surface area contributed by atoms with E-state index in [0.717, 1.165) is 50.4 Å². The lowest BCUT2D eigenvalue weighted by Crippen LogP contribution is -2.47. The van der Waals surface area contributed by atoms with Gasteiger partial charge in [-0.05, 0) is 19.3 Å². The van der Waals surface area contributed by atoms with Crippen LogP contribution in [-0.2, 0) is 25.5 Å². The minimum Gasteiger partial charge on any atom is -0.376 e. The second-order valence-corrected chi connectivity index (χ2v) is 8.63. The summed E-state index contributed by atoms with van der Waals surface area (Å²) in [6.45, 7) is 6.81. The van der Waals surface area contributed by atoms with Crippen molar-refractivity contribution in [2.24, 2.45) is 0 Å². The van der Waals surface area contributed by atoms with Gasteiger partial charge in [0.1, 0.15) is 5.01 Å². The van der Waals surface area contributed by atoms with Crippen LogP contribution < -0.4 is 0 Å². The molecule has 1 atom stereocenters. The zero-order chi connectivity index (χ0) is 18.5. The Hall–Kier alpha value is -1.06. The number of likely N-dealkylation sites (tertiary alicyclic amines) is 1. The summed E-state index contributed by atoms with van der Waals surface area (Å²) in [5.41, 5.74) is -0.282. The fraction of sp³-hybridized carbons (Fsp3) is 0.789. The second-order valence-electron chi connectivity index (χ2n) is 7.65. The first-order valence-electron chi connectivity index (χ1n) is 9.94. The van der Waals surface area contributed by atoms with Gasteiger partial charge in [-0.15, -0.1) is 11.3 Å². The lowest BCUT2D eigenvalue weighted by atomic mass is 9.87. The van der Waals surface area contributed by atoms with Crippen LogP contribution in [-0.4, -0.2) is 85.0 Å². The molecule has 0 saturated carbocycles. The first-order valence-corrected chi connectivity index (χ1v) is 10.8.